The number of esters is 1. The Morgan fingerprint density at radius 2 is 2.00 bits per heavy atom. The summed E-state index contributed by atoms with van der Waals surface area (Å²) in [6.07, 6.45) is 4.81. The van der Waals surface area contributed by atoms with E-state index in [1.807, 2.05) is 18.2 Å². The van der Waals surface area contributed by atoms with Gasteiger partial charge >= 0.3 is 5.97 Å². The van der Waals surface area contributed by atoms with E-state index in [1.54, 1.807) is 55.7 Å². The third-order valence-corrected chi connectivity index (χ3v) is 4.80. The third-order valence-electron chi connectivity index (χ3n) is 4.80. The summed E-state index contributed by atoms with van der Waals surface area (Å²) in [7, 11) is 0. The van der Waals surface area contributed by atoms with Gasteiger partial charge in [-0.05, 0) is 43.3 Å². The number of carbonyl (C=O) groups is 1. The molecule has 8 heteroatoms. The standard InChI is InChI=1S/C24H17N3O5/c1-15-22-18(12-19(21-9-5-11-29-21)26-23(22)32-27-15)24(28)30-14-16-6-2-3-8-20(16)31-17-7-4-10-25-13-17/h2-13H,14H2,1H3. The number of benzene rings is 1. The fourth-order valence-electron chi connectivity index (χ4n) is 3.28. The van der Waals surface area contributed by atoms with E-state index in [9.17, 15) is 4.79 Å². The van der Waals surface area contributed by atoms with E-state index in [2.05, 4.69) is 15.1 Å². The zero-order chi connectivity index (χ0) is 21.9. The molecule has 0 unspecified atom stereocenters. The zero-order valence-electron chi connectivity index (χ0n) is 17.0. The molecule has 1 aromatic carbocycles. The van der Waals surface area contributed by atoms with Gasteiger partial charge in [-0.25, -0.2) is 9.78 Å². The fourth-order valence-corrected chi connectivity index (χ4v) is 3.28. The van der Waals surface area contributed by atoms with Gasteiger partial charge in [0.05, 0.1) is 29.1 Å². The van der Waals surface area contributed by atoms with Crippen LogP contribution in [0.5, 0.6) is 11.5 Å². The lowest BCUT2D eigenvalue weighted by atomic mass is 10.1. The van der Waals surface area contributed by atoms with Crippen molar-refractivity contribution in [3.05, 3.63) is 90.1 Å². The number of carbonyl (C=O) groups excluding carboxylic acids is 1. The lowest BCUT2D eigenvalue weighted by Gasteiger charge is -2.12. The lowest BCUT2D eigenvalue weighted by molar-refractivity contribution is 0.0473. The van der Waals surface area contributed by atoms with Crippen LogP contribution in [0.3, 0.4) is 0 Å². The van der Waals surface area contributed by atoms with Gasteiger partial charge in [0.1, 0.15) is 23.8 Å². The van der Waals surface area contributed by atoms with E-state index in [4.69, 9.17) is 18.4 Å². The molecule has 0 aliphatic heterocycles. The third kappa shape index (κ3) is 3.81. The minimum atomic E-state index is -0.535. The lowest BCUT2D eigenvalue weighted by Crippen LogP contribution is -2.07. The van der Waals surface area contributed by atoms with E-state index in [1.165, 1.54) is 6.26 Å². The SMILES string of the molecule is Cc1noc2nc(-c3ccco3)cc(C(=O)OCc3ccccc3Oc3cccnc3)c12. The first-order valence-corrected chi connectivity index (χ1v) is 9.83. The molecule has 0 saturated carbocycles. The molecule has 0 spiro atoms. The maximum atomic E-state index is 13.1. The van der Waals surface area contributed by atoms with Crippen molar-refractivity contribution in [3.8, 4) is 23.0 Å². The van der Waals surface area contributed by atoms with Gasteiger partial charge in [-0.3, -0.25) is 4.98 Å². The number of pyridine rings is 2. The van der Waals surface area contributed by atoms with Crippen molar-refractivity contribution < 1.29 is 23.2 Å². The molecule has 158 valence electrons. The topological polar surface area (TPSA) is 100 Å². The highest BCUT2D eigenvalue weighted by molar-refractivity contribution is 6.04. The number of fused-ring (bicyclic) bond motifs is 1. The highest BCUT2D eigenvalue weighted by Crippen LogP contribution is 2.29. The van der Waals surface area contributed by atoms with Crippen LogP contribution in [0.15, 0.2) is 82.2 Å². The van der Waals surface area contributed by atoms with Crippen LogP contribution in [0.1, 0.15) is 21.6 Å². The zero-order valence-corrected chi connectivity index (χ0v) is 17.0. The molecule has 0 atom stereocenters. The molecule has 0 N–H and O–H groups in total. The Hall–Kier alpha value is -4.46. The van der Waals surface area contributed by atoms with Gasteiger partial charge in [0.2, 0.25) is 0 Å². The Kier molecular flexibility index (Phi) is 5.09. The van der Waals surface area contributed by atoms with Gasteiger partial charge in [0.15, 0.2) is 5.76 Å². The summed E-state index contributed by atoms with van der Waals surface area (Å²) >= 11 is 0. The van der Waals surface area contributed by atoms with Gasteiger partial charge < -0.3 is 18.4 Å². The number of hydrogen-bond donors (Lipinski definition) is 0. The number of hydrogen-bond acceptors (Lipinski definition) is 8. The van der Waals surface area contributed by atoms with Gasteiger partial charge in [0.25, 0.3) is 5.71 Å². The van der Waals surface area contributed by atoms with Crippen LogP contribution in [0.2, 0.25) is 0 Å². The highest BCUT2D eigenvalue weighted by atomic mass is 16.5. The first-order valence-electron chi connectivity index (χ1n) is 9.83. The quantitative estimate of drug-likeness (QED) is 0.335. The molecule has 0 amide bonds. The maximum absolute atomic E-state index is 13.1. The average molecular weight is 427 g/mol. The van der Waals surface area contributed by atoms with Crippen LogP contribution in [-0.4, -0.2) is 21.1 Å². The van der Waals surface area contributed by atoms with Gasteiger partial charge in [0, 0.05) is 11.8 Å². The summed E-state index contributed by atoms with van der Waals surface area (Å²) in [6.45, 7) is 1.76. The van der Waals surface area contributed by atoms with E-state index >= 15 is 0 Å². The summed E-state index contributed by atoms with van der Waals surface area (Å²) in [5.74, 6) is 1.13. The first kappa shape index (κ1) is 19.5. The number of nitrogens with zero attached hydrogens (tertiary/aromatic N) is 3. The molecular formula is C24H17N3O5. The number of para-hydroxylation sites is 1. The molecule has 4 heterocycles. The van der Waals surface area contributed by atoms with E-state index in [-0.39, 0.29) is 12.3 Å². The number of rotatable bonds is 6. The Balaban J connectivity index is 1.42. The fraction of sp³-hybridized carbons (Fsp3) is 0.0833. The Morgan fingerprint density at radius 3 is 2.81 bits per heavy atom. The smallest absolute Gasteiger partial charge is 0.339 e. The van der Waals surface area contributed by atoms with Crippen LogP contribution < -0.4 is 4.74 Å². The molecule has 5 rings (SSSR count). The molecular weight excluding hydrogens is 410 g/mol. The van der Waals surface area contributed by atoms with Crippen LogP contribution in [-0.2, 0) is 11.3 Å². The van der Waals surface area contributed by atoms with Crippen LogP contribution in [0.4, 0.5) is 0 Å². The number of aryl methyl sites for hydroxylation is 1. The summed E-state index contributed by atoms with van der Waals surface area (Å²) < 4.78 is 22.2. The molecule has 32 heavy (non-hydrogen) atoms. The summed E-state index contributed by atoms with van der Waals surface area (Å²) in [6, 6.07) is 16.0. The Morgan fingerprint density at radius 1 is 1.09 bits per heavy atom. The molecule has 8 nitrogen and oxygen atoms in total. The number of aromatic nitrogens is 3. The number of ether oxygens (including phenoxy) is 2. The highest BCUT2D eigenvalue weighted by Gasteiger charge is 2.21. The van der Waals surface area contributed by atoms with Crippen LogP contribution in [0, 0.1) is 6.92 Å². The summed E-state index contributed by atoms with van der Waals surface area (Å²) in [4.78, 5) is 21.5. The summed E-state index contributed by atoms with van der Waals surface area (Å²) in [5.41, 5.74) is 2.24. The monoisotopic (exact) mass is 427 g/mol. The second kappa shape index (κ2) is 8.35. The van der Waals surface area contributed by atoms with E-state index < -0.39 is 5.97 Å². The second-order valence-electron chi connectivity index (χ2n) is 6.96. The van der Waals surface area contributed by atoms with Crippen molar-refractivity contribution in [1.82, 2.24) is 15.1 Å². The van der Waals surface area contributed by atoms with Crippen LogP contribution in [0.25, 0.3) is 22.6 Å². The molecule has 5 aromatic rings. The van der Waals surface area contributed by atoms with E-state index in [0.717, 1.165) is 0 Å². The van der Waals surface area contributed by atoms with Gasteiger partial charge in [-0.2, -0.15) is 0 Å². The average Bonchev–Trinajstić information content (AvgIpc) is 3.49. The molecule has 0 radical (unpaired) electrons. The predicted molar refractivity (Wildman–Crippen MR) is 114 cm³/mol. The van der Waals surface area contributed by atoms with Crippen molar-refractivity contribution in [2.45, 2.75) is 13.5 Å². The Labute approximate surface area is 182 Å². The van der Waals surface area contributed by atoms with E-state index in [0.29, 0.717) is 45.2 Å². The van der Waals surface area contributed by atoms with Crippen molar-refractivity contribution in [3.63, 3.8) is 0 Å². The minimum absolute atomic E-state index is 0.0134. The number of furan rings is 1. The van der Waals surface area contributed by atoms with Crippen molar-refractivity contribution in [2.24, 2.45) is 0 Å². The summed E-state index contributed by atoms with van der Waals surface area (Å²) in [5, 5.41) is 4.44. The minimum Gasteiger partial charge on any atom is -0.463 e. The Bertz CT molecular complexity index is 1380. The normalized spacial score (nSPS) is 10.9. The maximum Gasteiger partial charge on any atom is 0.339 e. The molecule has 0 bridgehead atoms. The predicted octanol–water partition coefficient (Wildman–Crippen LogP) is 5.34. The van der Waals surface area contributed by atoms with Crippen molar-refractivity contribution in [2.75, 3.05) is 0 Å². The molecule has 4 aromatic heterocycles. The van der Waals surface area contributed by atoms with Crippen molar-refractivity contribution in [1.29, 1.82) is 0 Å². The second-order valence-corrected chi connectivity index (χ2v) is 6.96. The molecule has 0 aliphatic carbocycles. The largest absolute Gasteiger partial charge is 0.463 e. The molecule has 0 fully saturated rings. The van der Waals surface area contributed by atoms with Crippen LogP contribution >= 0.6 is 0 Å². The molecule has 0 saturated heterocycles. The first-order chi connectivity index (χ1) is 15.7. The molecule has 0 aliphatic rings. The van der Waals surface area contributed by atoms with Crippen molar-refractivity contribution >= 4 is 17.1 Å². The van der Waals surface area contributed by atoms with Gasteiger partial charge in [-0.15, -0.1) is 0 Å². The van der Waals surface area contributed by atoms with Gasteiger partial charge in [-0.1, -0.05) is 23.4 Å².